The van der Waals surface area contributed by atoms with Crippen molar-refractivity contribution < 1.29 is 13.5 Å². The molecule has 2 aromatic carbocycles. The summed E-state index contributed by atoms with van der Waals surface area (Å²) in [7, 11) is 0. The summed E-state index contributed by atoms with van der Waals surface area (Å²) in [5, 5.41) is -0.619. The molecule has 1 unspecified atom stereocenters. The monoisotopic (exact) mass is 294 g/mol. The van der Waals surface area contributed by atoms with Crippen LogP contribution in [-0.4, -0.2) is 6.61 Å². The molecule has 0 bridgehead atoms. The van der Waals surface area contributed by atoms with Gasteiger partial charge in [0, 0.05) is 5.56 Å². The van der Waals surface area contributed by atoms with Crippen LogP contribution in [0.3, 0.4) is 0 Å². The van der Waals surface area contributed by atoms with Crippen LogP contribution in [0, 0.1) is 11.6 Å². The van der Waals surface area contributed by atoms with Crippen LogP contribution in [0.2, 0.25) is 0 Å². The number of hydrogen-bond acceptors (Lipinski definition) is 1. The topological polar surface area (TPSA) is 9.23 Å². The summed E-state index contributed by atoms with van der Waals surface area (Å²) in [5.41, 5.74) is 1.17. The first-order chi connectivity index (χ1) is 9.63. The van der Waals surface area contributed by atoms with Crippen LogP contribution in [0.5, 0.6) is 5.75 Å². The van der Waals surface area contributed by atoms with Crippen molar-refractivity contribution in [1.29, 1.82) is 0 Å². The zero-order valence-electron chi connectivity index (χ0n) is 10.7. The Bertz CT molecular complexity index is 613. The highest BCUT2D eigenvalue weighted by molar-refractivity contribution is 6.22. The lowest BCUT2D eigenvalue weighted by Gasteiger charge is -2.15. The third kappa shape index (κ3) is 3.17. The zero-order chi connectivity index (χ0) is 14.5. The Morgan fingerprint density at radius 2 is 1.90 bits per heavy atom. The maximum absolute atomic E-state index is 13.3. The predicted octanol–water partition coefficient (Wildman–Crippen LogP) is 4.86. The van der Waals surface area contributed by atoms with E-state index in [2.05, 4.69) is 6.58 Å². The van der Waals surface area contributed by atoms with E-state index in [-0.39, 0.29) is 0 Å². The fourth-order valence-corrected chi connectivity index (χ4v) is 2.14. The van der Waals surface area contributed by atoms with Crippen molar-refractivity contribution in [3.63, 3.8) is 0 Å². The van der Waals surface area contributed by atoms with Gasteiger partial charge in [-0.15, -0.1) is 11.6 Å². The van der Waals surface area contributed by atoms with Crippen molar-refractivity contribution in [2.45, 2.75) is 5.38 Å². The summed E-state index contributed by atoms with van der Waals surface area (Å²) in [4.78, 5) is 0. The summed E-state index contributed by atoms with van der Waals surface area (Å²) in [6.45, 7) is 3.93. The van der Waals surface area contributed by atoms with Crippen molar-refractivity contribution in [1.82, 2.24) is 0 Å². The lowest BCUT2D eigenvalue weighted by atomic mass is 10.0. The molecule has 0 amide bonds. The largest absolute Gasteiger partial charge is 0.489 e. The average molecular weight is 295 g/mol. The first kappa shape index (κ1) is 14.5. The van der Waals surface area contributed by atoms with Gasteiger partial charge >= 0.3 is 0 Å². The van der Waals surface area contributed by atoms with Crippen molar-refractivity contribution in [2.75, 3.05) is 6.61 Å². The fourth-order valence-electron chi connectivity index (χ4n) is 1.82. The van der Waals surface area contributed by atoms with E-state index in [0.29, 0.717) is 23.5 Å². The predicted molar refractivity (Wildman–Crippen MR) is 76.2 cm³/mol. The quantitative estimate of drug-likeness (QED) is 0.565. The highest BCUT2D eigenvalue weighted by atomic mass is 35.5. The Kier molecular flexibility index (Phi) is 4.74. The summed E-state index contributed by atoms with van der Waals surface area (Å²) < 4.78 is 31.7. The zero-order valence-corrected chi connectivity index (χ0v) is 11.4. The van der Waals surface area contributed by atoms with Crippen LogP contribution < -0.4 is 4.74 Å². The number of benzene rings is 2. The highest BCUT2D eigenvalue weighted by Crippen LogP contribution is 2.35. The van der Waals surface area contributed by atoms with E-state index >= 15 is 0 Å². The summed E-state index contributed by atoms with van der Waals surface area (Å²) in [6.07, 6.45) is 1.62. The minimum atomic E-state index is -0.919. The molecule has 4 heteroatoms. The van der Waals surface area contributed by atoms with Crippen LogP contribution in [-0.2, 0) is 0 Å². The molecule has 0 saturated carbocycles. The second kappa shape index (κ2) is 6.53. The molecule has 0 aromatic heterocycles. The van der Waals surface area contributed by atoms with E-state index in [1.807, 2.05) is 12.1 Å². The molecule has 0 N–H and O–H groups in total. The van der Waals surface area contributed by atoms with Gasteiger partial charge in [-0.2, -0.15) is 0 Å². The molecular weight excluding hydrogens is 282 g/mol. The summed E-state index contributed by atoms with van der Waals surface area (Å²) in [5.74, 6) is -1.22. The molecule has 20 heavy (non-hydrogen) atoms. The van der Waals surface area contributed by atoms with E-state index in [1.165, 1.54) is 6.07 Å². The first-order valence-corrected chi connectivity index (χ1v) is 6.48. The Balaban J connectivity index is 2.34. The van der Waals surface area contributed by atoms with Crippen molar-refractivity contribution in [3.05, 3.63) is 77.9 Å². The molecule has 104 valence electrons. The number of alkyl halides is 1. The number of ether oxygens (including phenoxy) is 1. The standard InChI is InChI=1S/C16H13ClF2O/c1-2-9-20-15-6-4-3-5-12(15)16(17)11-7-8-13(18)14(19)10-11/h2-8,10,16H,1,9H2. The van der Waals surface area contributed by atoms with E-state index in [4.69, 9.17) is 16.3 Å². The molecule has 0 radical (unpaired) electrons. The van der Waals surface area contributed by atoms with Gasteiger partial charge in [-0.3, -0.25) is 0 Å². The smallest absolute Gasteiger partial charge is 0.159 e. The minimum absolute atomic E-state index is 0.346. The Morgan fingerprint density at radius 1 is 1.15 bits per heavy atom. The SMILES string of the molecule is C=CCOc1ccccc1C(Cl)c1ccc(F)c(F)c1. The van der Waals surface area contributed by atoms with Crippen molar-refractivity contribution >= 4 is 11.6 Å². The van der Waals surface area contributed by atoms with Gasteiger partial charge in [-0.1, -0.05) is 36.9 Å². The molecule has 0 aliphatic rings. The van der Waals surface area contributed by atoms with E-state index < -0.39 is 17.0 Å². The van der Waals surface area contributed by atoms with Gasteiger partial charge in [0.1, 0.15) is 12.4 Å². The van der Waals surface area contributed by atoms with Gasteiger partial charge in [0.25, 0.3) is 0 Å². The minimum Gasteiger partial charge on any atom is -0.489 e. The first-order valence-electron chi connectivity index (χ1n) is 6.05. The molecule has 0 spiro atoms. The van der Waals surface area contributed by atoms with Gasteiger partial charge in [0.2, 0.25) is 0 Å². The second-order valence-corrected chi connectivity index (χ2v) is 4.61. The number of hydrogen-bond donors (Lipinski definition) is 0. The van der Waals surface area contributed by atoms with Gasteiger partial charge < -0.3 is 4.74 Å². The van der Waals surface area contributed by atoms with Gasteiger partial charge in [-0.25, -0.2) is 8.78 Å². The molecule has 0 aliphatic carbocycles. The van der Waals surface area contributed by atoms with E-state index in [0.717, 1.165) is 12.1 Å². The number of halogens is 3. The molecule has 0 aliphatic heterocycles. The molecular formula is C16H13ClF2O. The second-order valence-electron chi connectivity index (χ2n) is 4.17. The van der Waals surface area contributed by atoms with Crippen LogP contribution in [0.1, 0.15) is 16.5 Å². The fraction of sp³-hybridized carbons (Fsp3) is 0.125. The molecule has 0 fully saturated rings. The molecule has 2 aromatic rings. The average Bonchev–Trinajstić information content (AvgIpc) is 2.47. The van der Waals surface area contributed by atoms with Crippen molar-refractivity contribution in [3.8, 4) is 5.75 Å². The van der Waals surface area contributed by atoms with Crippen LogP contribution in [0.25, 0.3) is 0 Å². The third-order valence-electron chi connectivity index (χ3n) is 2.79. The van der Waals surface area contributed by atoms with Crippen LogP contribution in [0.15, 0.2) is 55.1 Å². The van der Waals surface area contributed by atoms with Gasteiger partial charge in [0.15, 0.2) is 11.6 Å². The molecule has 2 rings (SSSR count). The van der Waals surface area contributed by atoms with Crippen molar-refractivity contribution in [2.24, 2.45) is 0 Å². The Hall–Kier alpha value is -1.87. The van der Waals surface area contributed by atoms with E-state index in [9.17, 15) is 8.78 Å². The summed E-state index contributed by atoms with van der Waals surface area (Å²) in [6, 6.07) is 10.8. The normalized spacial score (nSPS) is 11.9. The maximum Gasteiger partial charge on any atom is 0.159 e. The summed E-state index contributed by atoms with van der Waals surface area (Å²) >= 11 is 6.35. The lowest BCUT2D eigenvalue weighted by Crippen LogP contribution is -2.01. The van der Waals surface area contributed by atoms with Crippen LogP contribution >= 0.6 is 11.6 Å². The Morgan fingerprint density at radius 3 is 2.60 bits per heavy atom. The molecule has 1 atom stereocenters. The maximum atomic E-state index is 13.3. The number of para-hydroxylation sites is 1. The van der Waals surface area contributed by atoms with Crippen LogP contribution in [0.4, 0.5) is 8.78 Å². The highest BCUT2D eigenvalue weighted by Gasteiger charge is 2.17. The number of rotatable bonds is 5. The lowest BCUT2D eigenvalue weighted by molar-refractivity contribution is 0.359. The third-order valence-corrected chi connectivity index (χ3v) is 3.27. The molecule has 0 saturated heterocycles. The molecule has 1 nitrogen and oxygen atoms in total. The van der Waals surface area contributed by atoms with Gasteiger partial charge in [0.05, 0.1) is 5.38 Å². The van der Waals surface area contributed by atoms with E-state index in [1.54, 1.807) is 18.2 Å². The van der Waals surface area contributed by atoms with Gasteiger partial charge in [-0.05, 0) is 23.8 Å². The Labute approximate surface area is 121 Å². The molecule has 0 heterocycles.